The number of rotatable bonds is 5. The van der Waals surface area contributed by atoms with Crippen molar-refractivity contribution in [2.75, 3.05) is 59.0 Å². The first kappa shape index (κ1) is 19.8. The van der Waals surface area contributed by atoms with Crippen LogP contribution >= 0.6 is 24.0 Å². The van der Waals surface area contributed by atoms with E-state index in [-0.39, 0.29) is 24.0 Å². The first-order chi connectivity index (χ1) is 10.2. The number of hydrogen-bond acceptors (Lipinski definition) is 3. The van der Waals surface area contributed by atoms with Crippen LogP contribution in [0.5, 0.6) is 0 Å². The molecule has 2 rings (SSSR count). The van der Waals surface area contributed by atoms with Crippen molar-refractivity contribution >= 4 is 29.9 Å². The van der Waals surface area contributed by atoms with Gasteiger partial charge in [-0.25, -0.2) is 13.8 Å². The number of ether oxygens (including phenoxy) is 1. The van der Waals surface area contributed by atoms with E-state index in [4.69, 9.17) is 4.74 Å². The zero-order valence-electron chi connectivity index (χ0n) is 13.1. The van der Waals surface area contributed by atoms with E-state index in [9.17, 15) is 8.78 Å². The van der Waals surface area contributed by atoms with E-state index >= 15 is 0 Å². The van der Waals surface area contributed by atoms with Gasteiger partial charge in [0.25, 0.3) is 6.43 Å². The normalized spacial score (nSPS) is 23.7. The molecule has 1 atom stereocenters. The molecule has 130 valence electrons. The summed E-state index contributed by atoms with van der Waals surface area (Å²) in [6, 6.07) is 0. The Labute approximate surface area is 148 Å². The van der Waals surface area contributed by atoms with E-state index in [1.807, 2.05) is 6.92 Å². The van der Waals surface area contributed by atoms with Gasteiger partial charge in [-0.2, -0.15) is 0 Å². The molecule has 0 aromatic rings. The van der Waals surface area contributed by atoms with Gasteiger partial charge in [-0.1, -0.05) is 0 Å². The van der Waals surface area contributed by atoms with Crippen molar-refractivity contribution in [2.24, 2.45) is 10.9 Å². The SMILES string of the molecule is CCNC(=NCC(F)F)N1CCN(CC2CCOC2)CC1.I. The van der Waals surface area contributed by atoms with Gasteiger partial charge in [0, 0.05) is 45.9 Å². The Morgan fingerprint density at radius 2 is 2.05 bits per heavy atom. The molecule has 0 aromatic heterocycles. The van der Waals surface area contributed by atoms with Crippen LogP contribution in [0, 0.1) is 5.92 Å². The number of hydrogen-bond donors (Lipinski definition) is 1. The predicted octanol–water partition coefficient (Wildman–Crippen LogP) is 1.49. The van der Waals surface area contributed by atoms with Crippen LogP contribution in [0.15, 0.2) is 4.99 Å². The maximum atomic E-state index is 12.3. The molecule has 8 heteroatoms. The van der Waals surface area contributed by atoms with Gasteiger partial charge in [0.05, 0.1) is 6.61 Å². The molecule has 0 aliphatic carbocycles. The molecule has 2 aliphatic heterocycles. The lowest BCUT2D eigenvalue weighted by Crippen LogP contribution is -2.53. The number of nitrogens with one attached hydrogen (secondary N) is 1. The van der Waals surface area contributed by atoms with E-state index in [1.54, 1.807) is 0 Å². The molecule has 22 heavy (non-hydrogen) atoms. The largest absolute Gasteiger partial charge is 0.381 e. The summed E-state index contributed by atoms with van der Waals surface area (Å²) in [5.41, 5.74) is 0. The van der Waals surface area contributed by atoms with Crippen LogP contribution in [0.4, 0.5) is 8.78 Å². The van der Waals surface area contributed by atoms with E-state index in [0.29, 0.717) is 18.4 Å². The van der Waals surface area contributed by atoms with Gasteiger partial charge in [0.1, 0.15) is 6.54 Å². The number of nitrogens with zero attached hydrogens (tertiary/aromatic N) is 3. The second-order valence-corrected chi connectivity index (χ2v) is 5.60. The van der Waals surface area contributed by atoms with Crippen molar-refractivity contribution in [3.05, 3.63) is 0 Å². The van der Waals surface area contributed by atoms with E-state index in [2.05, 4.69) is 20.1 Å². The van der Waals surface area contributed by atoms with Crippen molar-refractivity contribution in [1.82, 2.24) is 15.1 Å². The van der Waals surface area contributed by atoms with Crippen molar-refractivity contribution in [3.8, 4) is 0 Å². The third-order valence-corrected chi connectivity index (χ3v) is 3.93. The third kappa shape index (κ3) is 6.49. The summed E-state index contributed by atoms with van der Waals surface area (Å²) in [5, 5.41) is 3.10. The average Bonchev–Trinajstić information content (AvgIpc) is 2.97. The Balaban J connectivity index is 0.00000242. The highest BCUT2D eigenvalue weighted by Crippen LogP contribution is 2.15. The topological polar surface area (TPSA) is 40.1 Å². The second-order valence-electron chi connectivity index (χ2n) is 5.60. The fourth-order valence-electron chi connectivity index (χ4n) is 2.82. The first-order valence-corrected chi connectivity index (χ1v) is 7.80. The van der Waals surface area contributed by atoms with Crippen LogP contribution in [0.25, 0.3) is 0 Å². The zero-order valence-corrected chi connectivity index (χ0v) is 15.5. The van der Waals surface area contributed by atoms with Gasteiger partial charge >= 0.3 is 0 Å². The van der Waals surface area contributed by atoms with E-state index in [0.717, 1.165) is 52.4 Å². The minimum Gasteiger partial charge on any atom is -0.381 e. The van der Waals surface area contributed by atoms with Crippen molar-refractivity contribution < 1.29 is 13.5 Å². The molecule has 0 spiro atoms. The van der Waals surface area contributed by atoms with Gasteiger partial charge in [0.15, 0.2) is 5.96 Å². The minimum atomic E-state index is -2.39. The Kier molecular flexibility index (Phi) is 9.49. The Morgan fingerprint density at radius 3 is 2.59 bits per heavy atom. The molecule has 0 radical (unpaired) electrons. The summed E-state index contributed by atoms with van der Waals surface area (Å²) in [7, 11) is 0. The fourth-order valence-corrected chi connectivity index (χ4v) is 2.82. The molecule has 2 aliphatic rings. The number of aliphatic imine (C=N–C) groups is 1. The second kappa shape index (κ2) is 10.5. The lowest BCUT2D eigenvalue weighted by molar-refractivity contribution is 0.138. The van der Waals surface area contributed by atoms with Crippen LogP contribution in [-0.4, -0.2) is 81.2 Å². The lowest BCUT2D eigenvalue weighted by atomic mass is 10.1. The number of halogens is 3. The summed E-state index contributed by atoms with van der Waals surface area (Å²) < 4.78 is 30.0. The molecular weight excluding hydrogens is 405 g/mol. The summed E-state index contributed by atoms with van der Waals surface area (Å²) in [6.07, 6.45) is -1.24. The van der Waals surface area contributed by atoms with Gasteiger partial charge in [-0.05, 0) is 19.3 Å². The molecule has 0 aromatic carbocycles. The summed E-state index contributed by atoms with van der Waals surface area (Å²) in [5.74, 6) is 1.26. The molecule has 1 unspecified atom stereocenters. The van der Waals surface area contributed by atoms with Crippen LogP contribution < -0.4 is 5.32 Å². The molecule has 0 amide bonds. The highest BCUT2D eigenvalue weighted by molar-refractivity contribution is 14.0. The minimum absolute atomic E-state index is 0. The first-order valence-electron chi connectivity index (χ1n) is 7.80. The number of alkyl halides is 2. The molecule has 1 N–H and O–H groups in total. The maximum absolute atomic E-state index is 12.3. The van der Waals surface area contributed by atoms with Crippen LogP contribution in [0.3, 0.4) is 0 Å². The standard InChI is InChI=1S/C14H26F2N4O.HI/c1-2-17-14(18-9-13(15)16)20-6-4-19(5-7-20)10-12-3-8-21-11-12;/h12-13H,2-11H2,1H3,(H,17,18);1H. The van der Waals surface area contributed by atoms with Crippen LogP contribution in [0.2, 0.25) is 0 Å². The monoisotopic (exact) mass is 432 g/mol. The lowest BCUT2D eigenvalue weighted by Gasteiger charge is -2.37. The van der Waals surface area contributed by atoms with Crippen molar-refractivity contribution in [3.63, 3.8) is 0 Å². The third-order valence-electron chi connectivity index (χ3n) is 3.93. The fraction of sp³-hybridized carbons (Fsp3) is 0.929. The van der Waals surface area contributed by atoms with Crippen LogP contribution in [-0.2, 0) is 4.74 Å². The molecule has 2 heterocycles. The molecule has 2 saturated heterocycles. The highest BCUT2D eigenvalue weighted by atomic mass is 127. The number of piperazine rings is 1. The summed E-state index contributed by atoms with van der Waals surface area (Å²) in [6.45, 7) is 8.64. The molecule has 0 bridgehead atoms. The predicted molar refractivity (Wildman–Crippen MR) is 94.3 cm³/mol. The maximum Gasteiger partial charge on any atom is 0.257 e. The molecule has 2 fully saturated rings. The quantitative estimate of drug-likeness (QED) is 0.406. The van der Waals surface area contributed by atoms with Gasteiger partial charge in [-0.15, -0.1) is 24.0 Å². The Bertz CT molecular complexity index is 333. The Hall–Kier alpha value is -0.220. The zero-order chi connectivity index (χ0) is 15.1. The van der Waals surface area contributed by atoms with Gasteiger partial charge < -0.3 is 15.0 Å². The Morgan fingerprint density at radius 1 is 1.32 bits per heavy atom. The van der Waals surface area contributed by atoms with E-state index in [1.165, 1.54) is 0 Å². The molecule has 5 nitrogen and oxygen atoms in total. The highest BCUT2D eigenvalue weighted by Gasteiger charge is 2.24. The molecular formula is C14H27F2IN4O. The summed E-state index contributed by atoms with van der Waals surface area (Å²) in [4.78, 5) is 8.52. The average molecular weight is 432 g/mol. The van der Waals surface area contributed by atoms with Crippen LogP contribution in [0.1, 0.15) is 13.3 Å². The van der Waals surface area contributed by atoms with Crippen molar-refractivity contribution in [1.29, 1.82) is 0 Å². The number of guanidine groups is 1. The van der Waals surface area contributed by atoms with Gasteiger partial charge in [0.2, 0.25) is 0 Å². The van der Waals surface area contributed by atoms with Crippen molar-refractivity contribution in [2.45, 2.75) is 19.8 Å². The summed E-state index contributed by atoms with van der Waals surface area (Å²) >= 11 is 0. The van der Waals surface area contributed by atoms with Gasteiger partial charge in [-0.3, -0.25) is 4.90 Å². The smallest absolute Gasteiger partial charge is 0.257 e. The van der Waals surface area contributed by atoms with E-state index < -0.39 is 13.0 Å². The molecule has 0 saturated carbocycles.